The fraction of sp³-hybridized carbons (Fsp3) is 0.0500. The normalized spacial score (nSPS) is 11.9. The molecule has 0 saturated heterocycles. The Labute approximate surface area is 133 Å². The van der Waals surface area contributed by atoms with E-state index < -0.39 is 0 Å². The molecule has 0 aliphatic rings. The lowest BCUT2D eigenvalue weighted by molar-refractivity contribution is 0.518. The lowest BCUT2D eigenvalue weighted by Gasteiger charge is -2.02. The van der Waals surface area contributed by atoms with Crippen LogP contribution in [0.15, 0.2) is 59.0 Å². The van der Waals surface area contributed by atoms with Gasteiger partial charge in [0.15, 0.2) is 0 Å². The van der Waals surface area contributed by atoms with E-state index in [1.54, 1.807) is 12.2 Å². The molecule has 3 aromatic rings. The predicted octanol–water partition coefficient (Wildman–Crippen LogP) is 5.15. The van der Waals surface area contributed by atoms with Gasteiger partial charge >= 0.3 is 5.63 Å². The summed E-state index contributed by atoms with van der Waals surface area (Å²) in [4.78, 5) is 15.5. The average Bonchev–Trinajstić information content (AvgIpc) is 2.89. The van der Waals surface area contributed by atoms with Gasteiger partial charge in [0, 0.05) is 33.1 Å². The minimum Gasteiger partial charge on any atom is -0.430 e. The molecular formula is C20H17NO2. The molecule has 2 heterocycles. The Bertz CT molecular complexity index is 1030. The van der Waals surface area contributed by atoms with Crippen LogP contribution in [-0.2, 0) is 0 Å². The zero-order valence-corrected chi connectivity index (χ0v) is 12.9. The van der Waals surface area contributed by atoms with Crippen molar-refractivity contribution in [2.24, 2.45) is 0 Å². The first-order chi connectivity index (χ1) is 11.2. The highest BCUT2D eigenvalue weighted by Gasteiger charge is 2.12. The summed E-state index contributed by atoms with van der Waals surface area (Å²) < 4.78 is 5.15. The Balaban J connectivity index is 2.43. The Morgan fingerprint density at radius 1 is 1.13 bits per heavy atom. The highest BCUT2D eigenvalue weighted by molar-refractivity contribution is 6.04. The lowest BCUT2D eigenvalue weighted by Crippen LogP contribution is -1.99. The number of aromatic nitrogens is 1. The van der Waals surface area contributed by atoms with Crippen molar-refractivity contribution in [2.45, 2.75) is 6.92 Å². The molecule has 1 aromatic carbocycles. The van der Waals surface area contributed by atoms with Crippen LogP contribution in [0.2, 0.25) is 0 Å². The van der Waals surface area contributed by atoms with Crippen molar-refractivity contribution in [3.05, 3.63) is 77.0 Å². The maximum atomic E-state index is 12.1. The maximum Gasteiger partial charge on any atom is 0.343 e. The molecule has 0 spiro atoms. The topological polar surface area (TPSA) is 46.0 Å². The third-order valence-corrected chi connectivity index (χ3v) is 3.78. The molecule has 3 nitrogen and oxygen atoms in total. The third kappa shape index (κ3) is 2.46. The van der Waals surface area contributed by atoms with E-state index in [4.69, 9.17) is 4.42 Å². The molecule has 23 heavy (non-hydrogen) atoms. The van der Waals surface area contributed by atoms with Gasteiger partial charge in [0.2, 0.25) is 0 Å². The summed E-state index contributed by atoms with van der Waals surface area (Å²) in [5.41, 5.74) is 3.40. The smallest absolute Gasteiger partial charge is 0.343 e. The van der Waals surface area contributed by atoms with E-state index in [9.17, 15) is 4.79 Å². The second kappa shape index (κ2) is 5.97. The second-order valence-electron chi connectivity index (χ2n) is 5.17. The monoisotopic (exact) mass is 303 g/mol. The molecule has 0 unspecified atom stereocenters. The zero-order valence-electron chi connectivity index (χ0n) is 12.9. The molecule has 0 saturated carbocycles. The number of hydrogen-bond donors (Lipinski definition) is 1. The van der Waals surface area contributed by atoms with Crippen LogP contribution in [-0.4, -0.2) is 4.98 Å². The first-order valence-electron chi connectivity index (χ1n) is 7.35. The number of benzene rings is 1. The number of fused-ring (bicyclic) bond motifs is 2. The molecule has 2 aromatic heterocycles. The van der Waals surface area contributed by atoms with Gasteiger partial charge in [-0.1, -0.05) is 43.5 Å². The van der Waals surface area contributed by atoms with Crippen LogP contribution in [0.5, 0.6) is 0 Å². The van der Waals surface area contributed by atoms with Gasteiger partial charge in [0.25, 0.3) is 0 Å². The van der Waals surface area contributed by atoms with Crippen molar-refractivity contribution in [1.82, 2.24) is 4.98 Å². The van der Waals surface area contributed by atoms with Gasteiger partial charge in [-0.25, -0.2) is 4.79 Å². The molecule has 0 fully saturated rings. The van der Waals surface area contributed by atoms with E-state index in [2.05, 4.69) is 18.1 Å². The van der Waals surface area contributed by atoms with Crippen LogP contribution >= 0.6 is 0 Å². The third-order valence-electron chi connectivity index (χ3n) is 3.78. The van der Waals surface area contributed by atoms with Gasteiger partial charge in [-0.2, -0.15) is 0 Å². The zero-order chi connectivity index (χ0) is 16.4. The molecule has 3 heteroatoms. The summed E-state index contributed by atoms with van der Waals surface area (Å²) in [5.74, 6) is 0. The highest BCUT2D eigenvalue weighted by atomic mass is 16.4. The van der Waals surface area contributed by atoms with Crippen molar-refractivity contribution >= 4 is 39.9 Å². The van der Waals surface area contributed by atoms with E-state index >= 15 is 0 Å². The molecule has 3 rings (SSSR count). The fourth-order valence-electron chi connectivity index (χ4n) is 2.75. The summed E-state index contributed by atoms with van der Waals surface area (Å²) in [6.45, 7) is 9.50. The van der Waals surface area contributed by atoms with E-state index in [1.807, 2.05) is 43.4 Å². The summed E-state index contributed by atoms with van der Waals surface area (Å²) in [5, 5.41) is 2.35. The largest absolute Gasteiger partial charge is 0.430 e. The van der Waals surface area contributed by atoms with Crippen LogP contribution in [0, 0.1) is 0 Å². The van der Waals surface area contributed by atoms with Crippen LogP contribution in [0.4, 0.5) is 0 Å². The van der Waals surface area contributed by atoms with E-state index in [0.29, 0.717) is 5.39 Å². The molecule has 1 N–H and O–H groups in total. The minimum atomic E-state index is -0.346. The average molecular weight is 303 g/mol. The maximum absolute atomic E-state index is 12.1. The molecule has 0 aliphatic carbocycles. The van der Waals surface area contributed by atoms with Gasteiger partial charge in [-0.15, -0.1) is 0 Å². The van der Waals surface area contributed by atoms with Crippen LogP contribution in [0.1, 0.15) is 23.7 Å². The number of aromatic amines is 1. The van der Waals surface area contributed by atoms with Crippen LogP contribution < -0.4 is 5.63 Å². The van der Waals surface area contributed by atoms with Crippen molar-refractivity contribution in [3.8, 4) is 0 Å². The van der Waals surface area contributed by atoms with Gasteiger partial charge < -0.3 is 9.40 Å². The minimum absolute atomic E-state index is 0.346. The standard InChI is InChI=1S/C20H17NO2/c1-4-7-9-13-12-23-20(22)17-10-16-14(6-3)18(8-5-2)21-19(16)11-15(13)17/h4-12,21H,1,3H2,2H3/b8-5-,9-7-. The first-order valence-corrected chi connectivity index (χ1v) is 7.35. The van der Waals surface area contributed by atoms with Gasteiger partial charge in [-0.3, -0.25) is 0 Å². The summed E-state index contributed by atoms with van der Waals surface area (Å²) in [7, 11) is 0. The van der Waals surface area contributed by atoms with Crippen molar-refractivity contribution < 1.29 is 4.42 Å². The molecule has 0 aliphatic heterocycles. The summed E-state index contributed by atoms with van der Waals surface area (Å²) >= 11 is 0. The van der Waals surface area contributed by atoms with Gasteiger partial charge in [-0.05, 0) is 25.1 Å². The number of nitrogens with one attached hydrogen (secondary N) is 1. The number of H-pyrrole nitrogens is 1. The summed E-state index contributed by atoms with van der Waals surface area (Å²) in [6, 6.07) is 3.84. The molecular weight excluding hydrogens is 286 g/mol. The lowest BCUT2D eigenvalue weighted by atomic mass is 10.0. The summed E-state index contributed by atoms with van der Waals surface area (Å²) in [6.07, 6.45) is 12.6. The van der Waals surface area contributed by atoms with Gasteiger partial charge in [0.1, 0.15) is 6.26 Å². The Morgan fingerprint density at radius 3 is 2.65 bits per heavy atom. The quantitative estimate of drug-likeness (QED) is 0.677. The number of allylic oxidation sites excluding steroid dienone is 3. The van der Waals surface area contributed by atoms with Crippen LogP contribution in [0.25, 0.3) is 39.9 Å². The van der Waals surface area contributed by atoms with Crippen molar-refractivity contribution in [2.75, 3.05) is 0 Å². The Morgan fingerprint density at radius 2 is 1.96 bits per heavy atom. The fourth-order valence-corrected chi connectivity index (χ4v) is 2.75. The van der Waals surface area contributed by atoms with E-state index in [0.717, 1.165) is 33.1 Å². The van der Waals surface area contributed by atoms with Gasteiger partial charge in [0.05, 0.1) is 5.39 Å². The first kappa shape index (κ1) is 14.9. The van der Waals surface area contributed by atoms with E-state index in [-0.39, 0.29) is 5.63 Å². The second-order valence-corrected chi connectivity index (χ2v) is 5.17. The van der Waals surface area contributed by atoms with Crippen LogP contribution in [0.3, 0.4) is 0 Å². The number of hydrogen-bond acceptors (Lipinski definition) is 2. The molecule has 0 atom stereocenters. The highest BCUT2D eigenvalue weighted by Crippen LogP contribution is 2.29. The molecule has 114 valence electrons. The Kier molecular flexibility index (Phi) is 3.85. The molecule has 0 amide bonds. The predicted molar refractivity (Wildman–Crippen MR) is 98.4 cm³/mol. The van der Waals surface area contributed by atoms with Crippen molar-refractivity contribution in [3.63, 3.8) is 0 Å². The Hall–Kier alpha value is -3.07. The van der Waals surface area contributed by atoms with Crippen molar-refractivity contribution in [1.29, 1.82) is 0 Å². The number of rotatable bonds is 4. The molecule has 0 radical (unpaired) electrons. The molecule has 0 bridgehead atoms. The SMILES string of the molecule is C=C/C=C\c1coc(=O)c2cc3c(C=C)c(/C=C\C)[nH]c3cc12. The van der Waals surface area contributed by atoms with E-state index in [1.165, 1.54) is 6.26 Å².